The van der Waals surface area contributed by atoms with Crippen LogP contribution in [0.2, 0.25) is 0 Å². The average Bonchev–Trinajstić information content (AvgIpc) is 3.21. The number of ketones is 1. The number of halogens is 2. The van der Waals surface area contributed by atoms with Gasteiger partial charge in [-0.3, -0.25) is 10.2 Å². The highest BCUT2D eigenvalue weighted by atomic mass is 79.9. The number of carboxylic acid groups (broad SMARTS) is 1. The van der Waals surface area contributed by atoms with Gasteiger partial charge < -0.3 is 29.0 Å². The first-order valence-electron chi connectivity index (χ1n) is 13.4. The van der Waals surface area contributed by atoms with Crippen molar-refractivity contribution in [2.75, 3.05) is 33.0 Å². The number of carbonyl (C=O) groups is 2. The molecular weight excluding hydrogens is 613 g/mol. The molecular formula is C30H37BrFN3O7. The van der Waals surface area contributed by atoms with Gasteiger partial charge in [0.2, 0.25) is 0 Å². The maximum absolute atomic E-state index is 15.5. The minimum atomic E-state index is -1.17. The van der Waals surface area contributed by atoms with Crippen LogP contribution in [0.5, 0.6) is 23.0 Å². The van der Waals surface area contributed by atoms with E-state index in [0.717, 1.165) is 0 Å². The molecule has 1 aliphatic heterocycles. The lowest BCUT2D eigenvalue weighted by Gasteiger charge is -2.26. The summed E-state index contributed by atoms with van der Waals surface area (Å²) < 4.78 is 38.0. The van der Waals surface area contributed by atoms with Gasteiger partial charge in [0.25, 0.3) is 0 Å². The van der Waals surface area contributed by atoms with Crippen molar-refractivity contribution in [1.82, 2.24) is 4.90 Å². The van der Waals surface area contributed by atoms with E-state index in [1.165, 1.54) is 11.0 Å². The van der Waals surface area contributed by atoms with Gasteiger partial charge in [0, 0.05) is 24.1 Å². The first-order chi connectivity index (χ1) is 19.4. The lowest BCUT2D eigenvalue weighted by atomic mass is 9.84. The summed E-state index contributed by atoms with van der Waals surface area (Å²) >= 11 is 0. The molecule has 0 amide bonds. The molecule has 0 aliphatic carbocycles. The van der Waals surface area contributed by atoms with Gasteiger partial charge in [0.05, 0.1) is 38.0 Å². The number of carboxylic acids is 1. The van der Waals surface area contributed by atoms with E-state index in [2.05, 4.69) is 0 Å². The van der Waals surface area contributed by atoms with E-state index in [4.69, 9.17) is 29.6 Å². The monoisotopic (exact) mass is 649 g/mol. The Hall–Kier alpha value is -3.85. The molecule has 0 fully saturated rings. The highest BCUT2D eigenvalue weighted by Crippen LogP contribution is 2.41. The van der Waals surface area contributed by atoms with E-state index in [-0.39, 0.29) is 95.4 Å². The van der Waals surface area contributed by atoms with Crippen molar-refractivity contribution in [2.45, 2.75) is 59.4 Å². The largest absolute Gasteiger partial charge is 0.490 e. The quantitative estimate of drug-likeness (QED) is 0.195. The van der Waals surface area contributed by atoms with Crippen LogP contribution in [-0.4, -0.2) is 60.6 Å². The predicted octanol–water partition coefficient (Wildman–Crippen LogP) is 5.67. The number of amidine groups is 1. The molecule has 2 aromatic carbocycles. The summed E-state index contributed by atoms with van der Waals surface area (Å²) in [6.07, 6.45) is 0.695. The van der Waals surface area contributed by atoms with Crippen molar-refractivity contribution < 1.29 is 38.0 Å². The molecule has 0 spiro atoms. The number of unbranched alkanes of at least 4 members (excludes halogenated alkanes) is 1. The Morgan fingerprint density at radius 3 is 2.33 bits per heavy atom. The molecule has 0 atom stereocenters. The third-order valence-electron chi connectivity index (χ3n) is 6.32. The Balaban J connectivity index is 0.00000616. The van der Waals surface area contributed by atoms with E-state index in [1.54, 1.807) is 26.0 Å². The molecule has 1 aliphatic rings. The molecule has 0 aromatic heterocycles. The number of benzene rings is 2. The normalized spacial score (nSPS) is 12.2. The van der Waals surface area contributed by atoms with Crippen molar-refractivity contribution in [1.29, 1.82) is 10.7 Å². The number of rotatable bonds is 14. The fourth-order valence-electron chi connectivity index (χ4n) is 4.47. The van der Waals surface area contributed by atoms with Crippen LogP contribution in [0.4, 0.5) is 4.39 Å². The summed E-state index contributed by atoms with van der Waals surface area (Å²) in [6.45, 7) is 9.18. The Bertz CT molecular complexity index is 1370. The molecule has 42 heavy (non-hydrogen) atoms. The van der Waals surface area contributed by atoms with E-state index in [9.17, 15) is 14.7 Å². The Morgan fingerprint density at radius 1 is 1.07 bits per heavy atom. The fourth-order valence-corrected chi connectivity index (χ4v) is 4.47. The molecule has 1 heterocycles. The van der Waals surface area contributed by atoms with Gasteiger partial charge in [-0.2, -0.15) is 5.26 Å². The molecule has 12 heteroatoms. The summed E-state index contributed by atoms with van der Waals surface area (Å²) in [5.74, 6) is -1.77. The highest BCUT2D eigenvalue weighted by Gasteiger charge is 2.34. The Morgan fingerprint density at radius 2 is 1.74 bits per heavy atom. The van der Waals surface area contributed by atoms with Gasteiger partial charge in [-0.25, -0.2) is 9.18 Å². The highest BCUT2D eigenvalue weighted by molar-refractivity contribution is 8.93. The van der Waals surface area contributed by atoms with Crippen LogP contribution < -0.4 is 18.9 Å². The van der Waals surface area contributed by atoms with E-state index < -0.39 is 23.8 Å². The number of ether oxygens (including phenoxy) is 4. The van der Waals surface area contributed by atoms with Crippen LogP contribution in [0.25, 0.3) is 0 Å². The number of Topliss-reactive ketones (excluding diaryl/α,β-unsaturated/α-hetero) is 1. The predicted molar refractivity (Wildman–Crippen MR) is 159 cm³/mol. The van der Waals surface area contributed by atoms with Crippen LogP contribution in [0.15, 0.2) is 18.2 Å². The maximum Gasteiger partial charge on any atom is 0.341 e. The molecule has 228 valence electrons. The zero-order valence-corrected chi connectivity index (χ0v) is 26.2. The van der Waals surface area contributed by atoms with Crippen molar-refractivity contribution in [3.05, 3.63) is 46.3 Å². The minimum absolute atomic E-state index is 0. The lowest BCUT2D eigenvalue weighted by Crippen LogP contribution is -2.31. The standard InChI is InChI=1S/C30H36FN3O7.BrH/c1-6-38-23-14-19-15-34(29(33)25(19)26(31)28(23)39-7-2)16-21(35)18-12-20(30(3,4)5)27(41-17-24(36)37)22(13-18)40-11-9-8-10-32;/h12-14,33H,6-9,11,15-17H2,1-5H3,(H,36,37);1H. The number of fused-ring (bicyclic) bond motifs is 1. The summed E-state index contributed by atoms with van der Waals surface area (Å²) in [5, 5.41) is 26.7. The molecule has 0 radical (unpaired) electrons. The molecule has 0 saturated carbocycles. The van der Waals surface area contributed by atoms with Gasteiger partial charge >= 0.3 is 5.97 Å². The van der Waals surface area contributed by atoms with Crippen LogP contribution in [0.3, 0.4) is 0 Å². The molecule has 2 aromatic rings. The number of hydrogen-bond acceptors (Lipinski definition) is 8. The summed E-state index contributed by atoms with van der Waals surface area (Å²) in [7, 11) is 0. The number of aliphatic carboxylic acids is 1. The fraction of sp³-hybridized carbons (Fsp3) is 0.467. The van der Waals surface area contributed by atoms with Crippen LogP contribution in [0, 0.1) is 22.6 Å². The van der Waals surface area contributed by atoms with Gasteiger partial charge in [-0.1, -0.05) is 20.8 Å². The number of carbonyl (C=O) groups excluding carboxylic acids is 1. The van der Waals surface area contributed by atoms with Crippen LogP contribution in [0.1, 0.15) is 74.5 Å². The lowest BCUT2D eigenvalue weighted by molar-refractivity contribution is -0.139. The zero-order chi connectivity index (χ0) is 30.3. The molecule has 0 saturated heterocycles. The van der Waals surface area contributed by atoms with E-state index >= 15 is 4.39 Å². The second-order valence-corrected chi connectivity index (χ2v) is 10.4. The summed E-state index contributed by atoms with van der Waals surface area (Å²) in [4.78, 5) is 26.3. The SMILES string of the molecule is Br.CCOc1cc2c(c(F)c1OCC)C(=N)N(CC(=O)c1cc(OCCCC#N)c(OCC(=O)O)c(C(C)(C)C)c1)C2. The van der Waals surface area contributed by atoms with Crippen LogP contribution in [-0.2, 0) is 16.8 Å². The van der Waals surface area contributed by atoms with Crippen molar-refractivity contribution in [3.63, 3.8) is 0 Å². The maximum atomic E-state index is 15.5. The van der Waals surface area contributed by atoms with Gasteiger partial charge in [0.1, 0.15) is 5.84 Å². The molecule has 0 bridgehead atoms. The number of nitrogens with one attached hydrogen (secondary N) is 1. The zero-order valence-electron chi connectivity index (χ0n) is 24.5. The first-order valence-corrected chi connectivity index (χ1v) is 13.4. The third-order valence-corrected chi connectivity index (χ3v) is 6.32. The van der Waals surface area contributed by atoms with E-state index in [0.29, 0.717) is 24.2 Å². The number of nitrogens with zero attached hydrogens (tertiary/aromatic N) is 2. The van der Waals surface area contributed by atoms with Crippen molar-refractivity contribution in [3.8, 4) is 29.1 Å². The van der Waals surface area contributed by atoms with Crippen molar-refractivity contribution >= 4 is 34.6 Å². The second kappa shape index (κ2) is 14.9. The summed E-state index contributed by atoms with van der Waals surface area (Å²) in [6, 6.07) is 6.80. The molecule has 2 N–H and O–H groups in total. The summed E-state index contributed by atoms with van der Waals surface area (Å²) in [5.41, 5.74) is 0.857. The second-order valence-electron chi connectivity index (χ2n) is 10.4. The van der Waals surface area contributed by atoms with Crippen molar-refractivity contribution in [2.24, 2.45) is 0 Å². The molecule has 10 nitrogen and oxygen atoms in total. The first kappa shape index (κ1) is 34.4. The Kier molecular flexibility index (Phi) is 12.2. The third kappa shape index (κ3) is 7.91. The van der Waals surface area contributed by atoms with Gasteiger partial charge in [-0.15, -0.1) is 17.0 Å². The smallest absolute Gasteiger partial charge is 0.341 e. The van der Waals surface area contributed by atoms with Gasteiger partial charge in [-0.05, 0) is 49.4 Å². The number of hydrogen-bond donors (Lipinski definition) is 2. The Labute approximate surface area is 255 Å². The minimum Gasteiger partial charge on any atom is -0.490 e. The number of nitriles is 1. The van der Waals surface area contributed by atoms with E-state index in [1.807, 2.05) is 26.8 Å². The molecule has 3 rings (SSSR count). The van der Waals surface area contributed by atoms with Crippen LogP contribution >= 0.6 is 17.0 Å². The molecule has 0 unspecified atom stereocenters. The van der Waals surface area contributed by atoms with Gasteiger partial charge in [0.15, 0.2) is 41.2 Å². The topological polar surface area (TPSA) is 142 Å². The average molecular weight is 651 g/mol.